The third-order valence-corrected chi connectivity index (χ3v) is 7.24. The molecule has 1 aromatic rings. The topological polar surface area (TPSA) is 105 Å². The van der Waals surface area contributed by atoms with Crippen molar-refractivity contribution < 1.29 is 9.59 Å². The highest BCUT2D eigenvalue weighted by Gasteiger charge is 2.58. The highest BCUT2D eigenvalue weighted by atomic mass is 16.2. The van der Waals surface area contributed by atoms with Crippen LogP contribution in [0.1, 0.15) is 43.8 Å². The molecule has 4 atom stereocenters. The van der Waals surface area contributed by atoms with Crippen LogP contribution in [0.3, 0.4) is 0 Å². The number of aryl methyl sites for hydroxylation is 1. The summed E-state index contributed by atoms with van der Waals surface area (Å²) in [5.74, 6) is 3.07. The molecule has 1 saturated heterocycles. The third-order valence-electron chi connectivity index (χ3n) is 7.24. The number of aromatic nitrogens is 3. The second-order valence-corrected chi connectivity index (χ2v) is 9.03. The Hall–Kier alpha value is -2.71. The number of carbonyl (C=O) groups excluding carboxylic acids is 2. The van der Waals surface area contributed by atoms with Gasteiger partial charge in [-0.1, -0.05) is 18.6 Å². The Bertz CT molecular complexity index is 891. The van der Waals surface area contributed by atoms with Gasteiger partial charge in [-0.3, -0.25) is 19.5 Å². The van der Waals surface area contributed by atoms with E-state index in [1.165, 1.54) is 17.7 Å². The van der Waals surface area contributed by atoms with Crippen LogP contribution in [0.2, 0.25) is 0 Å². The largest absolute Gasteiger partial charge is 0.356 e. The number of fused-ring (bicyclic) bond motifs is 6. The number of likely N-dealkylation sites (tertiary alicyclic amines) is 1. The SMILES string of the molecule is CN=C(NCCCN1C(=O)C2C3C=CC(C3)C2C1=O)NCc1nnc2n1CCCCC2. The molecule has 9 nitrogen and oxygen atoms in total. The minimum atomic E-state index is -0.108. The van der Waals surface area contributed by atoms with Crippen LogP contribution in [0.15, 0.2) is 17.1 Å². The zero-order valence-electron chi connectivity index (χ0n) is 18.1. The third kappa shape index (κ3) is 3.64. The molecule has 9 heteroatoms. The highest BCUT2D eigenvalue weighted by Crippen LogP contribution is 2.52. The van der Waals surface area contributed by atoms with Gasteiger partial charge in [0.05, 0.1) is 18.4 Å². The Morgan fingerprint density at radius 1 is 1.10 bits per heavy atom. The number of hydrogen-bond acceptors (Lipinski definition) is 5. The molecule has 4 aliphatic rings. The molecule has 3 heterocycles. The van der Waals surface area contributed by atoms with Crippen LogP contribution < -0.4 is 10.6 Å². The molecule has 0 aromatic carbocycles. The van der Waals surface area contributed by atoms with Crippen molar-refractivity contribution in [3.63, 3.8) is 0 Å². The second-order valence-electron chi connectivity index (χ2n) is 9.03. The molecule has 2 aliphatic carbocycles. The summed E-state index contributed by atoms with van der Waals surface area (Å²) in [4.78, 5) is 31.3. The summed E-state index contributed by atoms with van der Waals surface area (Å²) in [6, 6.07) is 0. The molecule has 2 bridgehead atoms. The van der Waals surface area contributed by atoms with Crippen LogP contribution in [0, 0.1) is 23.7 Å². The average molecular weight is 426 g/mol. The normalized spacial score (nSPS) is 29.3. The van der Waals surface area contributed by atoms with E-state index >= 15 is 0 Å². The summed E-state index contributed by atoms with van der Waals surface area (Å²) in [7, 11) is 1.73. The number of amides is 2. The maximum absolute atomic E-state index is 12.7. The van der Waals surface area contributed by atoms with Crippen molar-refractivity contribution >= 4 is 17.8 Å². The van der Waals surface area contributed by atoms with E-state index in [-0.39, 0.29) is 35.5 Å². The van der Waals surface area contributed by atoms with Crippen molar-refractivity contribution in [2.45, 2.75) is 51.6 Å². The Labute approximate surface area is 182 Å². The predicted octanol–water partition coefficient (Wildman–Crippen LogP) is 0.867. The van der Waals surface area contributed by atoms with Gasteiger partial charge in [0.25, 0.3) is 0 Å². The number of hydrogen-bond donors (Lipinski definition) is 2. The van der Waals surface area contributed by atoms with E-state index in [9.17, 15) is 9.59 Å². The van der Waals surface area contributed by atoms with Gasteiger partial charge in [0.2, 0.25) is 11.8 Å². The fourth-order valence-electron chi connectivity index (χ4n) is 5.69. The molecule has 5 rings (SSSR count). The maximum atomic E-state index is 12.7. The molecule has 0 spiro atoms. The van der Waals surface area contributed by atoms with Gasteiger partial charge in [-0.25, -0.2) is 0 Å². The van der Waals surface area contributed by atoms with Crippen molar-refractivity contribution in [3.05, 3.63) is 23.8 Å². The molecule has 166 valence electrons. The Kier molecular flexibility index (Phi) is 5.50. The molecule has 31 heavy (non-hydrogen) atoms. The first kappa shape index (κ1) is 20.2. The van der Waals surface area contributed by atoms with Gasteiger partial charge in [0, 0.05) is 33.1 Å². The Morgan fingerprint density at radius 3 is 2.61 bits per heavy atom. The first-order valence-corrected chi connectivity index (χ1v) is 11.6. The van der Waals surface area contributed by atoms with Gasteiger partial charge in [-0.2, -0.15) is 0 Å². The predicted molar refractivity (Wildman–Crippen MR) is 115 cm³/mol. The van der Waals surface area contributed by atoms with Gasteiger partial charge in [0.1, 0.15) is 5.82 Å². The lowest BCUT2D eigenvalue weighted by atomic mass is 9.85. The summed E-state index contributed by atoms with van der Waals surface area (Å²) in [5, 5.41) is 15.2. The van der Waals surface area contributed by atoms with Crippen molar-refractivity contribution in [1.29, 1.82) is 0 Å². The van der Waals surface area contributed by atoms with Crippen LogP contribution in [0.4, 0.5) is 0 Å². The molecule has 1 aromatic heterocycles. The van der Waals surface area contributed by atoms with Crippen molar-refractivity contribution in [2.75, 3.05) is 20.1 Å². The minimum absolute atomic E-state index is 0.0295. The van der Waals surface area contributed by atoms with Gasteiger partial charge >= 0.3 is 0 Å². The molecule has 1 saturated carbocycles. The van der Waals surface area contributed by atoms with Gasteiger partial charge in [-0.05, 0) is 37.5 Å². The van der Waals surface area contributed by atoms with E-state index < -0.39 is 0 Å². The van der Waals surface area contributed by atoms with Gasteiger partial charge in [-0.15, -0.1) is 10.2 Å². The van der Waals surface area contributed by atoms with E-state index in [2.05, 4.69) is 42.5 Å². The van der Waals surface area contributed by atoms with E-state index in [1.54, 1.807) is 7.05 Å². The van der Waals surface area contributed by atoms with E-state index in [4.69, 9.17) is 0 Å². The molecular weight excluding hydrogens is 394 g/mol. The quantitative estimate of drug-likeness (QED) is 0.230. The van der Waals surface area contributed by atoms with E-state index in [1.807, 2.05) is 0 Å². The number of nitrogens with zero attached hydrogens (tertiary/aromatic N) is 5. The van der Waals surface area contributed by atoms with Crippen molar-refractivity contribution in [1.82, 2.24) is 30.3 Å². The average Bonchev–Trinajstić information content (AvgIpc) is 3.50. The molecule has 2 fully saturated rings. The van der Waals surface area contributed by atoms with Crippen LogP contribution in [-0.4, -0.2) is 57.6 Å². The molecule has 0 radical (unpaired) electrons. The Balaban J connectivity index is 1.08. The minimum Gasteiger partial charge on any atom is -0.356 e. The van der Waals surface area contributed by atoms with Gasteiger partial charge in [0.15, 0.2) is 11.8 Å². The van der Waals surface area contributed by atoms with E-state index in [0.717, 1.165) is 37.5 Å². The maximum Gasteiger partial charge on any atom is 0.233 e. The summed E-state index contributed by atoms with van der Waals surface area (Å²) in [5.41, 5.74) is 0. The number of imide groups is 1. The summed E-state index contributed by atoms with van der Waals surface area (Å²) >= 11 is 0. The fourth-order valence-corrected chi connectivity index (χ4v) is 5.69. The first-order valence-electron chi connectivity index (χ1n) is 11.6. The number of guanidine groups is 1. The number of aliphatic imine (C=N–C) groups is 1. The standard InChI is InChI=1S/C22H31N7O2/c1-23-22(25-13-17-27-26-16-6-3-2-4-10-28(16)17)24-9-5-11-29-20(30)18-14-7-8-15(12-14)19(18)21(29)31/h7-8,14-15,18-19H,2-6,9-13H2,1H3,(H2,23,24,25). The first-order chi connectivity index (χ1) is 15.2. The van der Waals surface area contributed by atoms with Crippen molar-refractivity contribution in [3.8, 4) is 0 Å². The van der Waals surface area contributed by atoms with Crippen LogP contribution in [0.5, 0.6) is 0 Å². The van der Waals surface area contributed by atoms with Gasteiger partial charge < -0.3 is 15.2 Å². The lowest BCUT2D eigenvalue weighted by Gasteiger charge is -2.18. The molecule has 2 amide bonds. The molecular formula is C22H31N7O2. The summed E-state index contributed by atoms with van der Waals surface area (Å²) in [6.45, 7) is 2.64. The lowest BCUT2D eigenvalue weighted by molar-refractivity contribution is -0.140. The number of rotatable bonds is 6. The molecule has 2 N–H and O–H groups in total. The number of allylic oxidation sites excluding steroid dienone is 2. The lowest BCUT2D eigenvalue weighted by Crippen LogP contribution is -2.40. The zero-order valence-corrected chi connectivity index (χ0v) is 18.1. The highest BCUT2D eigenvalue weighted by molar-refractivity contribution is 6.06. The summed E-state index contributed by atoms with van der Waals surface area (Å²) in [6.07, 6.45) is 10.5. The fraction of sp³-hybridized carbons (Fsp3) is 0.682. The second kappa shape index (κ2) is 8.43. The summed E-state index contributed by atoms with van der Waals surface area (Å²) < 4.78 is 2.22. The Morgan fingerprint density at radius 2 is 1.87 bits per heavy atom. The smallest absolute Gasteiger partial charge is 0.233 e. The van der Waals surface area contributed by atoms with Crippen LogP contribution >= 0.6 is 0 Å². The van der Waals surface area contributed by atoms with Crippen LogP contribution in [0.25, 0.3) is 0 Å². The number of nitrogens with one attached hydrogen (secondary N) is 2. The zero-order chi connectivity index (χ0) is 21.4. The van der Waals surface area contributed by atoms with Crippen molar-refractivity contribution in [2.24, 2.45) is 28.7 Å². The molecule has 4 unspecified atom stereocenters. The number of carbonyl (C=O) groups is 2. The van der Waals surface area contributed by atoms with E-state index in [0.29, 0.717) is 32.0 Å². The monoisotopic (exact) mass is 425 g/mol. The van der Waals surface area contributed by atoms with Crippen LogP contribution in [-0.2, 0) is 29.1 Å². The molecule has 2 aliphatic heterocycles.